The van der Waals surface area contributed by atoms with Crippen LogP contribution in [-0.2, 0) is 9.59 Å². The van der Waals surface area contributed by atoms with Crippen molar-refractivity contribution in [2.45, 2.75) is 13.8 Å². The number of anilines is 2. The highest BCUT2D eigenvalue weighted by Gasteiger charge is 2.16. The second-order valence-corrected chi connectivity index (χ2v) is 9.29. The number of halogens is 2. The molecule has 0 aliphatic heterocycles. The molecule has 9 heteroatoms. The summed E-state index contributed by atoms with van der Waals surface area (Å²) in [6.07, 6.45) is 1.47. The molecular weight excluding hydrogens is 593 g/mol. The number of nitrogens with one attached hydrogen (secondary N) is 2. The van der Waals surface area contributed by atoms with Crippen molar-refractivity contribution < 1.29 is 19.1 Å². The average Bonchev–Trinajstić information content (AvgIpc) is 2.85. The van der Waals surface area contributed by atoms with Crippen LogP contribution in [0.25, 0.3) is 6.08 Å². The van der Waals surface area contributed by atoms with Crippen LogP contribution in [0.1, 0.15) is 16.7 Å². The number of carbonyl (C=O) groups is 2. The fourth-order valence-electron chi connectivity index (χ4n) is 3.24. The third-order valence-electron chi connectivity index (χ3n) is 5.28. The molecule has 0 aromatic heterocycles. The minimum Gasteiger partial charge on any atom is -0.493 e. The van der Waals surface area contributed by atoms with Gasteiger partial charge in [-0.1, -0.05) is 35.9 Å². The number of hydrogen-bond donors (Lipinski definition) is 2. The maximum Gasteiger partial charge on any atom is 0.266 e. The number of nitrogens with zero attached hydrogens (tertiary/aromatic N) is 1. The molecule has 3 rings (SSSR count). The Morgan fingerprint density at radius 2 is 1.81 bits per heavy atom. The minimum absolute atomic E-state index is 0.0680. The summed E-state index contributed by atoms with van der Waals surface area (Å²) >= 11 is 8.12. The lowest BCUT2D eigenvalue weighted by atomic mass is 10.1. The zero-order valence-corrected chi connectivity index (χ0v) is 22.7. The van der Waals surface area contributed by atoms with Gasteiger partial charge in [-0.25, -0.2) is 0 Å². The maximum atomic E-state index is 12.8. The molecule has 0 bridgehead atoms. The number of benzene rings is 3. The van der Waals surface area contributed by atoms with Gasteiger partial charge in [-0.05, 0) is 89.5 Å². The van der Waals surface area contributed by atoms with Gasteiger partial charge in [-0.3, -0.25) is 9.59 Å². The highest BCUT2D eigenvalue weighted by atomic mass is 127. The molecule has 0 aliphatic carbocycles. The first-order chi connectivity index (χ1) is 17.2. The molecule has 0 unspecified atom stereocenters. The lowest BCUT2D eigenvalue weighted by Gasteiger charge is -2.14. The third kappa shape index (κ3) is 6.77. The first-order valence-corrected chi connectivity index (χ1v) is 12.2. The van der Waals surface area contributed by atoms with Crippen molar-refractivity contribution in [1.82, 2.24) is 0 Å². The summed E-state index contributed by atoms with van der Waals surface area (Å²) in [5, 5.41) is 15.5. The number of hydrogen-bond acceptors (Lipinski definition) is 5. The summed E-state index contributed by atoms with van der Waals surface area (Å²) in [5.41, 5.74) is 3.59. The molecule has 0 saturated carbocycles. The van der Waals surface area contributed by atoms with Gasteiger partial charge >= 0.3 is 0 Å². The van der Waals surface area contributed by atoms with Crippen molar-refractivity contribution in [2.24, 2.45) is 0 Å². The highest BCUT2D eigenvalue weighted by Crippen LogP contribution is 2.35. The number of para-hydroxylation sites is 1. The highest BCUT2D eigenvalue weighted by molar-refractivity contribution is 14.1. The van der Waals surface area contributed by atoms with Gasteiger partial charge in [0.05, 0.1) is 21.4 Å². The smallest absolute Gasteiger partial charge is 0.266 e. The summed E-state index contributed by atoms with van der Waals surface area (Å²) in [6, 6.07) is 17.8. The van der Waals surface area contributed by atoms with Crippen molar-refractivity contribution in [2.75, 3.05) is 24.4 Å². The van der Waals surface area contributed by atoms with Crippen molar-refractivity contribution in [3.63, 3.8) is 0 Å². The molecule has 36 heavy (non-hydrogen) atoms. The lowest BCUT2D eigenvalue weighted by Crippen LogP contribution is -2.20. The molecule has 0 atom stereocenters. The van der Waals surface area contributed by atoms with Gasteiger partial charge in [-0.15, -0.1) is 0 Å². The van der Waals surface area contributed by atoms with Crippen molar-refractivity contribution in [3.8, 4) is 17.6 Å². The maximum absolute atomic E-state index is 12.8. The first kappa shape index (κ1) is 27.0. The number of ether oxygens (including phenoxy) is 2. The normalized spacial score (nSPS) is 10.8. The summed E-state index contributed by atoms with van der Waals surface area (Å²) in [5.74, 6) is -0.189. The predicted octanol–water partition coefficient (Wildman–Crippen LogP) is 6.13. The van der Waals surface area contributed by atoms with Crippen LogP contribution in [0.3, 0.4) is 0 Å². The Kier molecular flexibility index (Phi) is 9.33. The quantitative estimate of drug-likeness (QED) is 0.180. The number of rotatable bonds is 8. The van der Waals surface area contributed by atoms with Gasteiger partial charge in [0.25, 0.3) is 11.8 Å². The average molecular weight is 616 g/mol. The van der Waals surface area contributed by atoms with Crippen molar-refractivity contribution >= 4 is 63.5 Å². The van der Waals surface area contributed by atoms with E-state index in [1.54, 1.807) is 42.5 Å². The summed E-state index contributed by atoms with van der Waals surface area (Å²) in [4.78, 5) is 25.1. The number of aryl methyl sites for hydroxylation is 1. The Bertz CT molecular complexity index is 1380. The minimum atomic E-state index is -0.517. The second-order valence-electron chi connectivity index (χ2n) is 7.72. The Balaban J connectivity index is 1.76. The van der Waals surface area contributed by atoms with E-state index in [4.69, 9.17) is 21.1 Å². The van der Waals surface area contributed by atoms with Crippen LogP contribution in [0.5, 0.6) is 11.5 Å². The molecule has 7 nitrogen and oxygen atoms in total. The first-order valence-electron chi connectivity index (χ1n) is 10.8. The molecule has 0 fully saturated rings. The van der Waals surface area contributed by atoms with E-state index in [0.717, 1.165) is 11.1 Å². The van der Waals surface area contributed by atoms with E-state index in [1.807, 2.05) is 54.6 Å². The molecule has 3 aromatic rings. The molecule has 2 amide bonds. The Hall–Kier alpha value is -3.55. The van der Waals surface area contributed by atoms with Crippen LogP contribution in [-0.4, -0.2) is 25.5 Å². The van der Waals surface area contributed by atoms with Crippen LogP contribution in [0.2, 0.25) is 5.02 Å². The van der Waals surface area contributed by atoms with Gasteiger partial charge in [0.15, 0.2) is 18.1 Å². The SMILES string of the molecule is COc1cc(/C=C(/C#N)C(=O)Nc2cccc(C)c2C)cc(I)c1OCC(=O)Nc1ccccc1Cl. The molecule has 0 saturated heterocycles. The molecule has 0 spiro atoms. The van der Waals surface area contributed by atoms with Crippen LogP contribution < -0.4 is 20.1 Å². The van der Waals surface area contributed by atoms with Gasteiger partial charge < -0.3 is 20.1 Å². The number of amides is 2. The van der Waals surface area contributed by atoms with Gasteiger partial charge in [0.1, 0.15) is 11.6 Å². The Labute approximate surface area is 228 Å². The molecule has 0 heterocycles. The largest absolute Gasteiger partial charge is 0.493 e. The van der Waals surface area contributed by atoms with E-state index in [1.165, 1.54) is 13.2 Å². The molecule has 0 radical (unpaired) electrons. The van der Waals surface area contributed by atoms with Gasteiger partial charge in [0.2, 0.25) is 0 Å². The zero-order chi connectivity index (χ0) is 26.2. The zero-order valence-electron chi connectivity index (χ0n) is 19.8. The molecule has 2 N–H and O–H groups in total. The molecule has 184 valence electrons. The third-order valence-corrected chi connectivity index (χ3v) is 6.41. The monoisotopic (exact) mass is 615 g/mol. The summed E-state index contributed by atoms with van der Waals surface area (Å²) < 4.78 is 11.8. The van der Waals surface area contributed by atoms with Gasteiger partial charge in [-0.2, -0.15) is 5.26 Å². The van der Waals surface area contributed by atoms with E-state index < -0.39 is 5.91 Å². The predicted molar refractivity (Wildman–Crippen MR) is 149 cm³/mol. The van der Waals surface area contributed by atoms with E-state index >= 15 is 0 Å². The molecular formula is C27H23ClIN3O4. The van der Waals surface area contributed by atoms with Crippen molar-refractivity contribution in [3.05, 3.63) is 85.5 Å². The van der Waals surface area contributed by atoms with Crippen molar-refractivity contribution in [1.29, 1.82) is 5.26 Å². The van der Waals surface area contributed by atoms with E-state index in [9.17, 15) is 14.9 Å². The van der Waals surface area contributed by atoms with Crippen LogP contribution in [0.15, 0.2) is 60.2 Å². The van der Waals surface area contributed by atoms with E-state index in [0.29, 0.717) is 37.0 Å². The Morgan fingerprint density at radius 1 is 1.08 bits per heavy atom. The molecule has 3 aromatic carbocycles. The fourth-order valence-corrected chi connectivity index (χ4v) is 4.21. The van der Waals surface area contributed by atoms with E-state index in [2.05, 4.69) is 10.6 Å². The Morgan fingerprint density at radius 3 is 2.50 bits per heavy atom. The summed E-state index contributed by atoms with van der Waals surface area (Å²) in [6.45, 7) is 3.58. The standard InChI is InChI=1S/C27H23ClIN3O4/c1-16-7-6-10-22(17(16)2)32-27(34)19(14-30)11-18-12-21(29)26(24(13-18)35-3)36-15-25(33)31-23-9-5-4-8-20(23)28/h4-13H,15H2,1-3H3,(H,31,33)(H,32,34)/b19-11-. The van der Waals surface area contributed by atoms with Crippen LogP contribution in [0.4, 0.5) is 11.4 Å². The van der Waals surface area contributed by atoms with Crippen LogP contribution in [0, 0.1) is 28.7 Å². The molecule has 0 aliphatic rings. The van der Waals surface area contributed by atoms with Crippen LogP contribution >= 0.6 is 34.2 Å². The topological polar surface area (TPSA) is 100 Å². The van der Waals surface area contributed by atoms with E-state index in [-0.39, 0.29) is 18.1 Å². The summed E-state index contributed by atoms with van der Waals surface area (Å²) in [7, 11) is 1.47. The second kappa shape index (κ2) is 12.4. The fraction of sp³-hybridized carbons (Fsp3) is 0.148. The number of methoxy groups -OCH3 is 1. The number of nitriles is 1. The lowest BCUT2D eigenvalue weighted by molar-refractivity contribution is -0.118. The number of carbonyl (C=O) groups excluding carboxylic acids is 2. The van der Waals surface area contributed by atoms with Gasteiger partial charge in [0, 0.05) is 5.69 Å².